The van der Waals surface area contributed by atoms with E-state index in [0.29, 0.717) is 24.5 Å². The number of carbonyl (C=O) groups excluding carboxylic acids is 1. The Morgan fingerprint density at radius 3 is 2.68 bits per heavy atom. The highest BCUT2D eigenvalue weighted by atomic mass is 16.7. The molecular formula is C22H23NO5. The number of allylic oxidation sites excluding steroid dienone is 2. The highest BCUT2D eigenvalue weighted by Gasteiger charge is 2.12. The summed E-state index contributed by atoms with van der Waals surface area (Å²) in [5, 5.41) is 2.86. The maximum absolute atomic E-state index is 11.9. The van der Waals surface area contributed by atoms with Gasteiger partial charge < -0.3 is 24.3 Å². The smallest absolute Gasteiger partial charge is 0.243 e. The summed E-state index contributed by atoms with van der Waals surface area (Å²) in [5.74, 6) is 2.71. The molecule has 1 N–H and O–H groups in total. The monoisotopic (exact) mass is 381 g/mol. The minimum atomic E-state index is -0.143. The van der Waals surface area contributed by atoms with E-state index in [1.165, 1.54) is 6.08 Å². The number of hydrogen-bond acceptors (Lipinski definition) is 5. The Kier molecular flexibility index (Phi) is 6.57. The lowest BCUT2D eigenvalue weighted by atomic mass is 10.1. The van der Waals surface area contributed by atoms with Crippen LogP contribution in [0.3, 0.4) is 0 Å². The molecule has 1 aliphatic heterocycles. The highest BCUT2D eigenvalue weighted by molar-refractivity contribution is 5.87. The molecule has 1 aliphatic rings. The van der Waals surface area contributed by atoms with Crippen molar-refractivity contribution in [2.45, 2.75) is 6.42 Å². The van der Waals surface area contributed by atoms with Gasteiger partial charge in [0.05, 0.1) is 14.2 Å². The Balaban J connectivity index is 1.44. The van der Waals surface area contributed by atoms with Gasteiger partial charge in [-0.25, -0.2) is 0 Å². The van der Waals surface area contributed by atoms with Crippen LogP contribution < -0.4 is 24.3 Å². The zero-order chi connectivity index (χ0) is 19.8. The number of methoxy groups -OCH3 is 2. The molecule has 1 heterocycles. The van der Waals surface area contributed by atoms with Crippen molar-refractivity contribution in [2.75, 3.05) is 27.6 Å². The number of carbonyl (C=O) groups is 1. The second kappa shape index (κ2) is 9.50. The number of hydrogen-bond donors (Lipinski definition) is 1. The third-order valence-corrected chi connectivity index (χ3v) is 4.20. The van der Waals surface area contributed by atoms with Crippen LogP contribution in [0.1, 0.15) is 11.1 Å². The molecular weight excluding hydrogens is 358 g/mol. The molecule has 6 nitrogen and oxygen atoms in total. The average molecular weight is 381 g/mol. The summed E-state index contributed by atoms with van der Waals surface area (Å²) in [7, 11) is 3.20. The van der Waals surface area contributed by atoms with Crippen molar-refractivity contribution in [3.8, 4) is 23.0 Å². The topological polar surface area (TPSA) is 66.0 Å². The van der Waals surface area contributed by atoms with Crippen molar-refractivity contribution in [3.63, 3.8) is 0 Å². The van der Waals surface area contributed by atoms with E-state index in [1.807, 2.05) is 48.6 Å². The summed E-state index contributed by atoms with van der Waals surface area (Å²) in [6.45, 7) is 0.788. The van der Waals surface area contributed by atoms with Gasteiger partial charge in [0.15, 0.2) is 23.0 Å². The van der Waals surface area contributed by atoms with Gasteiger partial charge in [-0.15, -0.1) is 0 Å². The number of ether oxygens (including phenoxy) is 4. The van der Waals surface area contributed by atoms with E-state index >= 15 is 0 Å². The van der Waals surface area contributed by atoms with Crippen LogP contribution in [0.5, 0.6) is 23.0 Å². The van der Waals surface area contributed by atoms with E-state index in [1.54, 1.807) is 20.3 Å². The lowest BCUT2D eigenvalue weighted by Gasteiger charge is -2.09. The molecule has 6 heteroatoms. The molecule has 0 spiro atoms. The first-order chi connectivity index (χ1) is 13.7. The summed E-state index contributed by atoms with van der Waals surface area (Å²) in [6.07, 6.45) is 7.61. The van der Waals surface area contributed by atoms with Gasteiger partial charge in [0.25, 0.3) is 0 Å². The molecule has 0 atom stereocenters. The summed E-state index contributed by atoms with van der Waals surface area (Å²) < 4.78 is 21.1. The van der Waals surface area contributed by atoms with Crippen molar-refractivity contribution >= 4 is 12.0 Å². The maximum Gasteiger partial charge on any atom is 0.243 e. The first kappa shape index (κ1) is 19.4. The van der Waals surface area contributed by atoms with Crippen molar-refractivity contribution in [1.29, 1.82) is 0 Å². The van der Waals surface area contributed by atoms with Crippen LogP contribution in [0.15, 0.2) is 54.6 Å². The van der Waals surface area contributed by atoms with E-state index in [0.717, 1.165) is 22.6 Å². The SMILES string of the molecule is COc1ccc(CCNC(=O)/C=C/C=C/c2ccc3c(c2)OCO3)cc1OC. The standard InChI is InChI=1S/C22H23NO5/c1-25-18-9-7-17(13-20(18)26-2)11-12-23-22(24)6-4-3-5-16-8-10-19-21(14-16)28-15-27-19/h3-10,13-14H,11-12,15H2,1-2H3,(H,23,24)/b5-3+,6-4+. The van der Waals surface area contributed by atoms with Gasteiger partial charge in [-0.1, -0.05) is 30.4 Å². The predicted molar refractivity (Wildman–Crippen MR) is 107 cm³/mol. The van der Waals surface area contributed by atoms with E-state index in [-0.39, 0.29) is 12.7 Å². The van der Waals surface area contributed by atoms with E-state index in [9.17, 15) is 4.79 Å². The van der Waals surface area contributed by atoms with Crippen LogP contribution >= 0.6 is 0 Å². The van der Waals surface area contributed by atoms with Crippen LogP contribution in [0.4, 0.5) is 0 Å². The van der Waals surface area contributed by atoms with Crippen molar-refractivity contribution in [3.05, 3.63) is 65.8 Å². The molecule has 2 aromatic rings. The van der Waals surface area contributed by atoms with Crippen LogP contribution in [0.25, 0.3) is 6.08 Å². The van der Waals surface area contributed by atoms with Gasteiger partial charge in [-0.3, -0.25) is 4.79 Å². The first-order valence-electron chi connectivity index (χ1n) is 8.92. The lowest BCUT2D eigenvalue weighted by Crippen LogP contribution is -2.23. The molecule has 146 valence electrons. The second-order valence-electron chi connectivity index (χ2n) is 6.06. The van der Waals surface area contributed by atoms with Gasteiger partial charge in [0.1, 0.15) is 0 Å². The van der Waals surface area contributed by atoms with Crippen LogP contribution in [0, 0.1) is 0 Å². The largest absolute Gasteiger partial charge is 0.493 e. The molecule has 0 saturated carbocycles. The van der Waals surface area contributed by atoms with Gasteiger partial charge in [-0.2, -0.15) is 0 Å². The molecule has 1 amide bonds. The maximum atomic E-state index is 11.9. The highest BCUT2D eigenvalue weighted by Crippen LogP contribution is 2.32. The molecule has 2 aromatic carbocycles. The third-order valence-electron chi connectivity index (χ3n) is 4.20. The van der Waals surface area contributed by atoms with Crippen LogP contribution in [0.2, 0.25) is 0 Å². The molecule has 0 fully saturated rings. The Hall–Kier alpha value is -3.41. The Morgan fingerprint density at radius 2 is 1.86 bits per heavy atom. The van der Waals surface area contributed by atoms with Crippen molar-refractivity contribution < 1.29 is 23.7 Å². The zero-order valence-electron chi connectivity index (χ0n) is 15.9. The molecule has 0 aliphatic carbocycles. The van der Waals surface area contributed by atoms with E-state index in [4.69, 9.17) is 18.9 Å². The van der Waals surface area contributed by atoms with E-state index < -0.39 is 0 Å². The normalized spacial score (nSPS) is 12.5. The van der Waals surface area contributed by atoms with Gasteiger partial charge in [0.2, 0.25) is 12.7 Å². The van der Waals surface area contributed by atoms with Crippen LogP contribution in [-0.4, -0.2) is 33.5 Å². The van der Waals surface area contributed by atoms with Gasteiger partial charge >= 0.3 is 0 Å². The summed E-state index contributed by atoms with van der Waals surface area (Å²) in [4.78, 5) is 11.9. The van der Waals surface area contributed by atoms with E-state index in [2.05, 4.69) is 5.32 Å². The number of amides is 1. The number of nitrogens with one attached hydrogen (secondary N) is 1. The minimum Gasteiger partial charge on any atom is -0.493 e. The van der Waals surface area contributed by atoms with Crippen molar-refractivity contribution in [1.82, 2.24) is 5.32 Å². The first-order valence-corrected chi connectivity index (χ1v) is 8.92. The Labute approximate surface area is 164 Å². The fourth-order valence-corrected chi connectivity index (χ4v) is 2.75. The predicted octanol–water partition coefficient (Wildman–Crippen LogP) is 3.36. The molecule has 0 aromatic heterocycles. The van der Waals surface area contributed by atoms with Crippen LogP contribution in [-0.2, 0) is 11.2 Å². The fourth-order valence-electron chi connectivity index (χ4n) is 2.75. The molecule has 0 bridgehead atoms. The Morgan fingerprint density at radius 1 is 1.04 bits per heavy atom. The average Bonchev–Trinajstić information content (AvgIpc) is 3.19. The zero-order valence-corrected chi connectivity index (χ0v) is 15.9. The van der Waals surface area contributed by atoms with Gasteiger partial charge in [0, 0.05) is 12.6 Å². The number of fused-ring (bicyclic) bond motifs is 1. The molecule has 3 rings (SSSR count). The molecule has 0 saturated heterocycles. The quantitative estimate of drug-likeness (QED) is 0.561. The molecule has 0 unspecified atom stereocenters. The number of benzene rings is 2. The van der Waals surface area contributed by atoms with Gasteiger partial charge in [-0.05, 0) is 41.8 Å². The fraction of sp³-hybridized carbons (Fsp3) is 0.227. The summed E-state index contributed by atoms with van der Waals surface area (Å²) in [5.41, 5.74) is 2.03. The molecule has 0 radical (unpaired) electrons. The third kappa shape index (κ3) is 5.07. The summed E-state index contributed by atoms with van der Waals surface area (Å²) in [6, 6.07) is 11.4. The molecule has 28 heavy (non-hydrogen) atoms. The Bertz CT molecular complexity index is 888. The summed E-state index contributed by atoms with van der Waals surface area (Å²) >= 11 is 0. The number of rotatable bonds is 8. The van der Waals surface area contributed by atoms with Crippen molar-refractivity contribution in [2.24, 2.45) is 0 Å². The lowest BCUT2D eigenvalue weighted by molar-refractivity contribution is -0.116. The minimum absolute atomic E-state index is 0.143. The second-order valence-corrected chi connectivity index (χ2v) is 6.06.